The van der Waals surface area contributed by atoms with Crippen LogP contribution in [0.25, 0.3) is 10.9 Å². The van der Waals surface area contributed by atoms with Crippen molar-refractivity contribution < 1.29 is 13.5 Å². The minimum Gasteiger partial charge on any atom is -0.435 e. The fourth-order valence-electron chi connectivity index (χ4n) is 3.55. The number of anilines is 1. The highest BCUT2D eigenvalue weighted by atomic mass is 19.3. The monoisotopic (exact) mass is 399 g/mol. The predicted octanol–water partition coefficient (Wildman–Crippen LogP) is 2.46. The van der Waals surface area contributed by atoms with Crippen LogP contribution in [0.2, 0.25) is 0 Å². The number of ether oxygens (including phenoxy) is 1. The molecule has 10 heteroatoms. The molecular formula is C19H19F2N7O. The van der Waals surface area contributed by atoms with E-state index >= 15 is 0 Å². The molecular weight excluding hydrogens is 380 g/mol. The second-order valence-electron chi connectivity index (χ2n) is 6.79. The zero-order chi connectivity index (χ0) is 20.4. The van der Waals surface area contributed by atoms with E-state index < -0.39 is 6.61 Å². The number of pyridine rings is 1. The minimum absolute atomic E-state index is 0.0456. The number of hydrogen-bond acceptors (Lipinski definition) is 7. The fraction of sp³-hybridized carbons (Fsp3) is 0.368. The van der Waals surface area contributed by atoms with Gasteiger partial charge in [-0.05, 0) is 25.1 Å². The summed E-state index contributed by atoms with van der Waals surface area (Å²) >= 11 is 0. The number of fused-ring (bicyclic) bond motifs is 1. The number of piperazine rings is 1. The first-order chi connectivity index (χ1) is 14.0. The molecule has 3 heterocycles. The van der Waals surface area contributed by atoms with Crippen molar-refractivity contribution >= 4 is 16.6 Å². The number of H-pyrrole nitrogens is 1. The van der Waals surface area contributed by atoms with Crippen LogP contribution in [0.1, 0.15) is 17.2 Å². The summed E-state index contributed by atoms with van der Waals surface area (Å²) in [6.45, 7) is 2.47. The van der Waals surface area contributed by atoms with Gasteiger partial charge in [-0.15, -0.1) is 0 Å². The molecule has 0 spiro atoms. The Balaban J connectivity index is 1.58. The maximum absolute atomic E-state index is 12.6. The van der Waals surface area contributed by atoms with E-state index in [0.29, 0.717) is 41.8 Å². The summed E-state index contributed by atoms with van der Waals surface area (Å²) in [6.07, 6.45) is 1.52. The number of alkyl halides is 2. The molecule has 2 aromatic heterocycles. The Labute approximate surface area is 165 Å². The normalized spacial score (nSPS) is 15.1. The topological polar surface area (TPSA) is 94.0 Å². The van der Waals surface area contributed by atoms with E-state index in [1.807, 2.05) is 6.92 Å². The number of nitriles is 1. The van der Waals surface area contributed by atoms with Gasteiger partial charge >= 0.3 is 6.61 Å². The number of aromatic amines is 1. The number of nitrogens with zero attached hydrogens (tertiary/aromatic N) is 6. The number of benzene rings is 1. The molecule has 0 aliphatic carbocycles. The summed E-state index contributed by atoms with van der Waals surface area (Å²) in [5.41, 5.74) is 1.73. The summed E-state index contributed by atoms with van der Waals surface area (Å²) in [5.74, 6) is 1.57. The van der Waals surface area contributed by atoms with Crippen molar-refractivity contribution in [2.24, 2.45) is 0 Å². The summed E-state index contributed by atoms with van der Waals surface area (Å²) < 4.78 is 29.8. The van der Waals surface area contributed by atoms with Gasteiger partial charge in [0.25, 0.3) is 0 Å². The lowest BCUT2D eigenvalue weighted by atomic mass is 10.1. The Hall–Kier alpha value is -3.32. The molecule has 0 amide bonds. The number of aromatic nitrogens is 4. The molecule has 0 atom stereocenters. The molecule has 150 valence electrons. The lowest BCUT2D eigenvalue weighted by Crippen LogP contribution is -2.46. The maximum atomic E-state index is 12.6. The largest absolute Gasteiger partial charge is 0.435 e. The Bertz CT molecular complexity index is 1050. The highest BCUT2D eigenvalue weighted by molar-refractivity contribution is 5.95. The maximum Gasteiger partial charge on any atom is 0.387 e. The number of rotatable bonds is 5. The molecule has 1 aliphatic heterocycles. The summed E-state index contributed by atoms with van der Waals surface area (Å²) in [7, 11) is 0. The first-order valence-electron chi connectivity index (χ1n) is 9.16. The van der Waals surface area contributed by atoms with Gasteiger partial charge in [0.05, 0.1) is 23.3 Å². The van der Waals surface area contributed by atoms with Crippen LogP contribution in [-0.2, 0) is 6.54 Å². The van der Waals surface area contributed by atoms with Gasteiger partial charge in [-0.2, -0.15) is 19.1 Å². The number of nitrogens with one attached hydrogen (secondary N) is 1. The van der Waals surface area contributed by atoms with Gasteiger partial charge in [0.2, 0.25) is 0 Å². The lowest BCUT2D eigenvalue weighted by molar-refractivity contribution is -0.0497. The van der Waals surface area contributed by atoms with E-state index in [0.717, 1.165) is 24.7 Å². The van der Waals surface area contributed by atoms with Crippen molar-refractivity contribution in [1.82, 2.24) is 25.1 Å². The predicted molar refractivity (Wildman–Crippen MR) is 102 cm³/mol. The molecule has 1 saturated heterocycles. The molecule has 1 N–H and O–H groups in total. The molecule has 4 rings (SSSR count). The molecule has 1 fully saturated rings. The van der Waals surface area contributed by atoms with Crippen molar-refractivity contribution in [3.63, 3.8) is 0 Å². The van der Waals surface area contributed by atoms with Crippen LogP contribution in [0, 0.1) is 18.3 Å². The Kier molecular flexibility index (Phi) is 5.22. The first kappa shape index (κ1) is 19.0. The van der Waals surface area contributed by atoms with E-state index in [4.69, 9.17) is 0 Å². The van der Waals surface area contributed by atoms with Crippen LogP contribution in [0.4, 0.5) is 14.5 Å². The molecule has 8 nitrogen and oxygen atoms in total. The summed E-state index contributed by atoms with van der Waals surface area (Å²) in [5, 5.41) is 17.2. The zero-order valence-electron chi connectivity index (χ0n) is 15.8. The molecule has 0 radical (unpaired) electrons. The van der Waals surface area contributed by atoms with E-state index in [-0.39, 0.29) is 5.75 Å². The fourth-order valence-corrected chi connectivity index (χ4v) is 3.55. The third kappa shape index (κ3) is 4.09. The van der Waals surface area contributed by atoms with Gasteiger partial charge in [0.1, 0.15) is 17.6 Å². The first-order valence-corrected chi connectivity index (χ1v) is 9.16. The summed E-state index contributed by atoms with van der Waals surface area (Å²) in [4.78, 5) is 12.9. The second kappa shape index (κ2) is 7.97. The van der Waals surface area contributed by atoms with Gasteiger partial charge in [0, 0.05) is 37.8 Å². The van der Waals surface area contributed by atoms with Crippen LogP contribution in [0.15, 0.2) is 24.4 Å². The van der Waals surface area contributed by atoms with Crippen LogP contribution in [0.5, 0.6) is 5.75 Å². The third-order valence-electron chi connectivity index (χ3n) is 4.85. The highest BCUT2D eigenvalue weighted by Gasteiger charge is 2.23. The zero-order valence-corrected chi connectivity index (χ0v) is 15.8. The van der Waals surface area contributed by atoms with Gasteiger partial charge < -0.3 is 9.64 Å². The van der Waals surface area contributed by atoms with Gasteiger partial charge in [-0.25, -0.2) is 4.98 Å². The lowest BCUT2D eigenvalue weighted by Gasteiger charge is -2.36. The number of aryl methyl sites for hydroxylation is 1. The Morgan fingerprint density at radius 2 is 2.07 bits per heavy atom. The van der Waals surface area contributed by atoms with Gasteiger partial charge in [0.15, 0.2) is 5.82 Å². The molecule has 0 bridgehead atoms. The van der Waals surface area contributed by atoms with Crippen LogP contribution < -0.4 is 9.64 Å². The van der Waals surface area contributed by atoms with Gasteiger partial charge in [-0.1, -0.05) is 0 Å². The van der Waals surface area contributed by atoms with Crippen molar-refractivity contribution in [1.29, 1.82) is 5.26 Å². The van der Waals surface area contributed by atoms with E-state index in [1.54, 1.807) is 6.07 Å². The average Bonchev–Trinajstić information content (AvgIpc) is 3.12. The number of hydrogen-bond donors (Lipinski definition) is 1. The number of halogens is 2. The Morgan fingerprint density at radius 3 is 2.72 bits per heavy atom. The van der Waals surface area contributed by atoms with E-state index in [9.17, 15) is 14.0 Å². The van der Waals surface area contributed by atoms with Crippen molar-refractivity contribution in [3.05, 3.63) is 41.6 Å². The highest BCUT2D eigenvalue weighted by Crippen LogP contribution is 2.33. The smallest absolute Gasteiger partial charge is 0.387 e. The quantitative estimate of drug-likeness (QED) is 0.704. The standard InChI is InChI=1S/C19H19F2N7O/c1-12-24-17(26-25-12)11-27-4-6-28(7-5-27)18-13(9-22)10-23-16-3-2-14(8-15(16)18)29-19(20)21/h2-3,8,10,19H,4-7,11H2,1H3,(H,24,25,26). The van der Waals surface area contributed by atoms with E-state index in [2.05, 4.69) is 40.8 Å². The van der Waals surface area contributed by atoms with Gasteiger partial charge in [-0.3, -0.25) is 15.0 Å². The minimum atomic E-state index is -2.91. The Morgan fingerprint density at radius 1 is 1.28 bits per heavy atom. The molecule has 3 aromatic rings. The van der Waals surface area contributed by atoms with Crippen molar-refractivity contribution in [2.45, 2.75) is 20.1 Å². The molecule has 29 heavy (non-hydrogen) atoms. The van der Waals surface area contributed by atoms with Crippen LogP contribution in [0.3, 0.4) is 0 Å². The molecule has 0 saturated carbocycles. The molecule has 0 unspecified atom stereocenters. The van der Waals surface area contributed by atoms with Crippen LogP contribution in [-0.4, -0.2) is 57.9 Å². The van der Waals surface area contributed by atoms with E-state index in [1.165, 1.54) is 18.3 Å². The summed E-state index contributed by atoms with van der Waals surface area (Å²) in [6, 6.07) is 6.77. The third-order valence-corrected chi connectivity index (χ3v) is 4.85. The second-order valence-corrected chi connectivity index (χ2v) is 6.79. The van der Waals surface area contributed by atoms with Crippen molar-refractivity contribution in [2.75, 3.05) is 31.1 Å². The van der Waals surface area contributed by atoms with Crippen LogP contribution >= 0.6 is 0 Å². The average molecular weight is 399 g/mol. The molecule has 1 aliphatic rings. The molecule has 1 aromatic carbocycles. The van der Waals surface area contributed by atoms with Crippen molar-refractivity contribution in [3.8, 4) is 11.8 Å². The SMILES string of the molecule is Cc1nc(CN2CCN(c3c(C#N)cnc4ccc(OC(F)F)cc34)CC2)n[nH]1.